The van der Waals surface area contributed by atoms with Gasteiger partial charge in [0.15, 0.2) is 11.7 Å². The SMILES string of the molecule is CCOC(=O)N1CCCCC1C(=O)[C@H](CCCN=C(N)N)NS(=O)(=O)c1ccc2ccccc2c1. The third kappa shape index (κ3) is 6.92. The second kappa shape index (κ2) is 12.0. The van der Waals surface area contributed by atoms with Crippen molar-refractivity contribution in [3.8, 4) is 0 Å². The predicted molar refractivity (Wildman–Crippen MR) is 134 cm³/mol. The van der Waals surface area contributed by atoms with Gasteiger partial charge in [0.2, 0.25) is 10.0 Å². The fourth-order valence-electron chi connectivity index (χ4n) is 4.24. The van der Waals surface area contributed by atoms with Crippen LogP contribution in [0, 0.1) is 0 Å². The van der Waals surface area contributed by atoms with Crippen molar-refractivity contribution < 1.29 is 22.7 Å². The van der Waals surface area contributed by atoms with Crippen molar-refractivity contribution in [3.63, 3.8) is 0 Å². The lowest BCUT2D eigenvalue weighted by molar-refractivity contribution is -0.126. The first-order valence-corrected chi connectivity index (χ1v) is 13.2. The minimum Gasteiger partial charge on any atom is -0.450 e. The lowest BCUT2D eigenvalue weighted by atomic mass is 9.93. The van der Waals surface area contributed by atoms with E-state index in [9.17, 15) is 18.0 Å². The Labute approximate surface area is 205 Å². The summed E-state index contributed by atoms with van der Waals surface area (Å²) in [5.41, 5.74) is 10.8. The van der Waals surface area contributed by atoms with Crippen LogP contribution < -0.4 is 16.2 Å². The van der Waals surface area contributed by atoms with Crippen molar-refractivity contribution in [3.05, 3.63) is 42.5 Å². The smallest absolute Gasteiger partial charge is 0.410 e. The molecule has 1 amide bonds. The Morgan fingerprint density at radius 2 is 1.91 bits per heavy atom. The van der Waals surface area contributed by atoms with Crippen molar-refractivity contribution in [1.29, 1.82) is 0 Å². The van der Waals surface area contributed by atoms with Crippen molar-refractivity contribution in [2.24, 2.45) is 16.5 Å². The number of carbonyl (C=O) groups is 2. The molecule has 1 unspecified atom stereocenters. The van der Waals surface area contributed by atoms with E-state index >= 15 is 0 Å². The standard InChI is InChI=1S/C24H33N5O5S/c1-2-34-24(31)29-15-6-5-11-21(29)22(30)20(10-7-14-27-23(25)26)28-35(32,33)19-13-12-17-8-3-4-9-18(17)16-19/h3-4,8-9,12-13,16,20-21,28H,2,5-7,10-11,14-15H2,1H3,(H4,25,26,27)/t20-,21?/m0/s1. The predicted octanol–water partition coefficient (Wildman–Crippen LogP) is 2.12. The van der Waals surface area contributed by atoms with Crippen molar-refractivity contribution in [1.82, 2.24) is 9.62 Å². The monoisotopic (exact) mass is 503 g/mol. The van der Waals surface area contributed by atoms with E-state index in [1.165, 1.54) is 11.0 Å². The molecule has 1 aliphatic heterocycles. The van der Waals surface area contributed by atoms with Crippen LogP contribution in [0.1, 0.15) is 39.0 Å². The van der Waals surface area contributed by atoms with E-state index in [0.717, 1.165) is 23.6 Å². The van der Waals surface area contributed by atoms with Crippen LogP contribution in [-0.2, 0) is 19.6 Å². The van der Waals surface area contributed by atoms with Crippen LogP contribution in [-0.4, -0.2) is 62.9 Å². The first-order chi connectivity index (χ1) is 16.7. The van der Waals surface area contributed by atoms with Gasteiger partial charge in [-0.25, -0.2) is 17.9 Å². The highest BCUT2D eigenvalue weighted by Gasteiger charge is 2.38. The number of nitrogens with two attached hydrogens (primary N) is 2. The summed E-state index contributed by atoms with van der Waals surface area (Å²) < 4.78 is 34.3. The number of aliphatic imine (C=N–C) groups is 1. The second-order valence-electron chi connectivity index (χ2n) is 8.44. The molecule has 2 aromatic carbocycles. The van der Waals surface area contributed by atoms with E-state index in [2.05, 4.69) is 9.71 Å². The molecule has 11 heteroatoms. The summed E-state index contributed by atoms with van der Waals surface area (Å²) in [5, 5.41) is 1.68. The van der Waals surface area contributed by atoms with E-state index < -0.39 is 28.2 Å². The number of guanidine groups is 1. The number of rotatable bonds is 10. The van der Waals surface area contributed by atoms with E-state index in [1.807, 2.05) is 24.3 Å². The summed E-state index contributed by atoms with van der Waals surface area (Å²) in [4.78, 5) is 31.5. The molecule has 0 bridgehead atoms. The Bertz CT molecular complexity index is 1180. The highest BCUT2D eigenvalue weighted by molar-refractivity contribution is 7.89. The number of sulfonamides is 1. The van der Waals surface area contributed by atoms with Gasteiger partial charge in [0.1, 0.15) is 0 Å². The quantitative estimate of drug-likeness (QED) is 0.254. The number of nitrogens with one attached hydrogen (secondary N) is 1. The van der Waals surface area contributed by atoms with Gasteiger partial charge in [-0.2, -0.15) is 0 Å². The second-order valence-corrected chi connectivity index (χ2v) is 10.2. The van der Waals surface area contributed by atoms with Gasteiger partial charge in [0.05, 0.1) is 23.6 Å². The first kappa shape index (κ1) is 26.4. The van der Waals surface area contributed by atoms with Crippen molar-refractivity contribution in [2.45, 2.75) is 56.0 Å². The number of ketones is 1. The normalized spacial score (nSPS) is 17.1. The number of likely N-dealkylation sites (tertiary alicyclic amines) is 1. The zero-order valence-electron chi connectivity index (χ0n) is 19.9. The number of piperidine rings is 1. The highest BCUT2D eigenvalue weighted by Crippen LogP contribution is 2.23. The van der Waals surface area contributed by atoms with Gasteiger partial charge in [-0.3, -0.25) is 14.7 Å². The maximum absolute atomic E-state index is 13.6. The van der Waals surface area contributed by atoms with Crippen molar-refractivity contribution >= 4 is 38.6 Å². The number of hydrogen-bond acceptors (Lipinski definition) is 6. The van der Waals surface area contributed by atoms with E-state index in [-0.39, 0.29) is 36.2 Å². The van der Waals surface area contributed by atoms with Gasteiger partial charge in [-0.05, 0) is 61.9 Å². The van der Waals surface area contributed by atoms with Crippen LogP contribution in [0.4, 0.5) is 4.79 Å². The topological polar surface area (TPSA) is 157 Å². The summed E-state index contributed by atoms with van der Waals surface area (Å²) in [7, 11) is -4.03. The van der Waals surface area contributed by atoms with Gasteiger partial charge in [0.25, 0.3) is 0 Å². The Kier molecular flexibility index (Phi) is 9.05. The Morgan fingerprint density at radius 1 is 1.17 bits per heavy atom. The first-order valence-electron chi connectivity index (χ1n) is 11.8. The molecule has 0 saturated carbocycles. The molecule has 1 heterocycles. The number of ether oxygens (including phenoxy) is 1. The summed E-state index contributed by atoms with van der Waals surface area (Å²) in [5.74, 6) is -0.447. The fourth-order valence-corrected chi connectivity index (χ4v) is 5.51. The number of benzene rings is 2. The molecule has 5 N–H and O–H groups in total. The molecular formula is C24H33N5O5S. The van der Waals surface area contributed by atoms with Crippen LogP contribution in [0.2, 0.25) is 0 Å². The molecule has 0 aliphatic carbocycles. The van der Waals surface area contributed by atoms with Gasteiger partial charge in [-0.15, -0.1) is 0 Å². The number of amides is 1. The Balaban J connectivity index is 1.86. The molecule has 10 nitrogen and oxygen atoms in total. The van der Waals surface area contributed by atoms with Crippen LogP contribution in [0.25, 0.3) is 10.8 Å². The van der Waals surface area contributed by atoms with E-state index in [0.29, 0.717) is 19.4 Å². The molecule has 1 aliphatic rings. The molecule has 2 atom stereocenters. The van der Waals surface area contributed by atoms with Gasteiger partial charge < -0.3 is 16.2 Å². The largest absolute Gasteiger partial charge is 0.450 e. The fraction of sp³-hybridized carbons (Fsp3) is 0.458. The molecular weight excluding hydrogens is 470 g/mol. The maximum Gasteiger partial charge on any atom is 0.410 e. The Hall–Kier alpha value is -3.18. The summed E-state index contributed by atoms with van der Waals surface area (Å²) in [6, 6.07) is 10.4. The highest BCUT2D eigenvalue weighted by atomic mass is 32.2. The molecule has 2 aromatic rings. The number of Topliss-reactive ketones (excluding diaryl/α,β-unsaturated/α-hetero) is 1. The van der Waals surface area contributed by atoms with E-state index in [1.54, 1.807) is 19.1 Å². The zero-order valence-corrected chi connectivity index (χ0v) is 20.7. The molecule has 0 radical (unpaired) electrons. The van der Waals surface area contributed by atoms with Crippen molar-refractivity contribution in [2.75, 3.05) is 19.7 Å². The third-order valence-corrected chi connectivity index (χ3v) is 7.42. The number of fused-ring (bicyclic) bond motifs is 1. The summed E-state index contributed by atoms with van der Waals surface area (Å²) in [6.07, 6.45) is 1.93. The van der Waals surface area contributed by atoms with Crippen LogP contribution >= 0.6 is 0 Å². The van der Waals surface area contributed by atoms with Crippen LogP contribution in [0.15, 0.2) is 52.4 Å². The van der Waals surface area contributed by atoms with Gasteiger partial charge in [0, 0.05) is 13.1 Å². The van der Waals surface area contributed by atoms with Crippen LogP contribution in [0.5, 0.6) is 0 Å². The lowest BCUT2D eigenvalue weighted by Crippen LogP contribution is -2.54. The molecule has 1 fully saturated rings. The average molecular weight is 504 g/mol. The number of hydrogen-bond donors (Lipinski definition) is 3. The number of nitrogens with zero attached hydrogens (tertiary/aromatic N) is 2. The van der Waals surface area contributed by atoms with Gasteiger partial charge >= 0.3 is 6.09 Å². The molecule has 0 aromatic heterocycles. The third-order valence-electron chi connectivity index (χ3n) is 5.95. The average Bonchev–Trinajstić information content (AvgIpc) is 2.85. The van der Waals surface area contributed by atoms with E-state index in [4.69, 9.17) is 16.2 Å². The molecule has 3 rings (SSSR count). The molecule has 1 saturated heterocycles. The summed E-state index contributed by atoms with van der Waals surface area (Å²) >= 11 is 0. The minimum absolute atomic E-state index is 0.0594. The molecule has 0 spiro atoms. The Morgan fingerprint density at radius 3 is 2.63 bits per heavy atom. The maximum atomic E-state index is 13.6. The zero-order chi connectivity index (χ0) is 25.4. The molecule has 35 heavy (non-hydrogen) atoms. The molecule has 190 valence electrons. The van der Waals surface area contributed by atoms with Gasteiger partial charge in [-0.1, -0.05) is 30.3 Å². The minimum atomic E-state index is -4.03. The lowest BCUT2D eigenvalue weighted by Gasteiger charge is -2.35. The summed E-state index contributed by atoms with van der Waals surface area (Å²) in [6.45, 7) is 2.51. The van der Waals surface area contributed by atoms with Crippen LogP contribution in [0.3, 0.4) is 0 Å². The number of carbonyl (C=O) groups excluding carboxylic acids is 2.